The summed E-state index contributed by atoms with van der Waals surface area (Å²) < 4.78 is 11.6. The number of nitrogens with zero attached hydrogens (tertiary/aromatic N) is 2. The van der Waals surface area contributed by atoms with Crippen LogP contribution in [0.25, 0.3) is 11.3 Å². The first-order chi connectivity index (χ1) is 13.9. The van der Waals surface area contributed by atoms with Crippen LogP contribution in [0.4, 0.5) is 5.69 Å². The molecule has 1 N–H and O–H groups in total. The number of amides is 1. The fraction of sp³-hybridized carbons (Fsp3) is 0.227. The molecule has 0 saturated carbocycles. The Balaban J connectivity index is 1.81. The Bertz CT molecular complexity index is 1110. The smallest absolute Gasteiger partial charge is 0.267 e. The number of aryl methyl sites for hydroxylation is 2. The van der Waals surface area contributed by atoms with Crippen LogP contribution in [-0.4, -0.2) is 29.9 Å². The lowest BCUT2D eigenvalue weighted by Crippen LogP contribution is -2.29. The molecular weight excluding hydrogens is 370 g/mol. The normalized spacial score (nSPS) is 10.5. The summed E-state index contributed by atoms with van der Waals surface area (Å²) in [4.78, 5) is 24.7. The molecule has 3 rings (SSSR count). The average Bonchev–Trinajstić information content (AvgIpc) is 2.69. The number of nitrogens with one attached hydrogen (secondary N) is 1. The van der Waals surface area contributed by atoms with E-state index in [1.807, 2.05) is 26.0 Å². The lowest BCUT2D eigenvalue weighted by molar-refractivity contribution is -0.117. The van der Waals surface area contributed by atoms with Crippen LogP contribution in [0.5, 0.6) is 11.5 Å². The predicted molar refractivity (Wildman–Crippen MR) is 112 cm³/mol. The number of hydrogen-bond acceptors (Lipinski definition) is 5. The first kappa shape index (κ1) is 20.1. The third-order valence-electron chi connectivity index (χ3n) is 4.49. The average molecular weight is 393 g/mol. The molecule has 0 aliphatic carbocycles. The summed E-state index contributed by atoms with van der Waals surface area (Å²) in [5.74, 6) is 0.687. The lowest BCUT2D eigenvalue weighted by atomic mass is 10.0. The maximum atomic E-state index is 12.5. The van der Waals surface area contributed by atoms with Crippen LogP contribution in [0.15, 0.2) is 53.3 Å². The van der Waals surface area contributed by atoms with Gasteiger partial charge in [0.15, 0.2) is 11.5 Å². The molecule has 0 fully saturated rings. The van der Waals surface area contributed by atoms with E-state index in [-0.39, 0.29) is 18.0 Å². The number of methoxy groups -OCH3 is 2. The SMILES string of the molecule is COc1ccc(NC(=O)Cn2nc(-c3ccc(C)cc3C)ccc2=O)cc1OC. The molecule has 0 radical (unpaired) electrons. The highest BCUT2D eigenvalue weighted by Crippen LogP contribution is 2.29. The van der Waals surface area contributed by atoms with Crippen molar-refractivity contribution >= 4 is 11.6 Å². The third kappa shape index (κ3) is 4.63. The van der Waals surface area contributed by atoms with E-state index in [9.17, 15) is 9.59 Å². The van der Waals surface area contributed by atoms with Crippen molar-refractivity contribution in [2.24, 2.45) is 0 Å². The van der Waals surface area contributed by atoms with E-state index in [1.165, 1.54) is 20.3 Å². The molecule has 0 aliphatic rings. The molecule has 2 aromatic carbocycles. The second kappa shape index (κ2) is 8.60. The van der Waals surface area contributed by atoms with E-state index in [4.69, 9.17) is 9.47 Å². The topological polar surface area (TPSA) is 82.5 Å². The van der Waals surface area contributed by atoms with Gasteiger partial charge in [0.05, 0.1) is 19.9 Å². The molecule has 0 spiro atoms. The van der Waals surface area contributed by atoms with Gasteiger partial charge >= 0.3 is 0 Å². The van der Waals surface area contributed by atoms with Crippen LogP contribution in [0.3, 0.4) is 0 Å². The van der Waals surface area contributed by atoms with Gasteiger partial charge in [0.1, 0.15) is 6.54 Å². The summed E-state index contributed by atoms with van der Waals surface area (Å²) >= 11 is 0. The Morgan fingerprint density at radius 3 is 2.45 bits per heavy atom. The molecule has 0 saturated heterocycles. The molecule has 150 valence electrons. The number of benzene rings is 2. The summed E-state index contributed by atoms with van der Waals surface area (Å²) in [7, 11) is 3.06. The molecule has 7 heteroatoms. The molecule has 0 atom stereocenters. The minimum absolute atomic E-state index is 0.202. The Kier molecular flexibility index (Phi) is 5.97. The fourth-order valence-corrected chi connectivity index (χ4v) is 3.06. The van der Waals surface area contributed by atoms with Gasteiger partial charge in [-0.15, -0.1) is 0 Å². The van der Waals surface area contributed by atoms with Crippen molar-refractivity contribution in [3.8, 4) is 22.8 Å². The van der Waals surface area contributed by atoms with Crippen molar-refractivity contribution in [3.05, 3.63) is 70.0 Å². The Morgan fingerprint density at radius 1 is 1.00 bits per heavy atom. The zero-order valence-electron chi connectivity index (χ0n) is 16.9. The standard InChI is InChI=1S/C22H23N3O4/c1-14-5-7-17(15(2)11-14)18-8-10-22(27)25(24-18)13-21(26)23-16-6-9-19(28-3)20(12-16)29-4/h5-12H,13H2,1-4H3,(H,23,26). The van der Waals surface area contributed by atoms with Crippen LogP contribution in [-0.2, 0) is 11.3 Å². The van der Waals surface area contributed by atoms with Crippen LogP contribution < -0.4 is 20.3 Å². The molecule has 1 amide bonds. The van der Waals surface area contributed by atoms with Gasteiger partial charge in [0.25, 0.3) is 5.56 Å². The van der Waals surface area contributed by atoms with Crippen molar-refractivity contribution in [1.29, 1.82) is 0 Å². The monoisotopic (exact) mass is 393 g/mol. The molecule has 1 aromatic heterocycles. The van der Waals surface area contributed by atoms with Gasteiger partial charge < -0.3 is 14.8 Å². The number of aromatic nitrogens is 2. The Morgan fingerprint density at radius 2 is 1.76 bits per heavy atom. The lowest BCUT2D eigenvalue weighted by Gasteiger charge is -2.12. The number of anilines is 1. The molecule has 7 nitrogen and oxygen atoms in total. The van der Waals surface area contributed by atoms with Crippen LogP contribution in [0, 0.1) is 13.8 Å². The summed E-state index contributed by atoms with van der Waals surface area (Å²) in [6, 6.07) is 14.1. The van der Waals surface area contributed by atoms with Crippen molar-refractivity contribution in [2.45, 2.75) is 20.4 Å². The summed E-state index contributed by atoms with van der Waals surface area (Å²) in [5.41, 5.74) is 3.95. The summed E-state index contributed by atoms with van der Waals surface area (Å²) in [5, 5.41) is 7.12. The molecule has 0 aliphatic heterocycles. The maximum absolute atomic E-state index is 12.5. The van der Waals surface area contributed by atoms with Gasteiger partial charge in [0, 0.05) is 23.4 Å². The second-order valence-electron chi connectivity index (χ2n) is 6.65. The van der Waals surface area contributed by atoms with Crippen LogP contribution in [0.1, 0.15) is 11.1 Å². The van der Waals surface area contributed by atoms with Gasteiger partial charge in [-0.1, -0.05) is 23.8 Å². The highest BCUT2D eigenvalue weighted by molar-refractivity contribution is 5.90. The van der Waals surface area contributed by atoms with E-state index in [1.54, 1.807) is 24.3 Å². The minimum Gasteiger partial charge on any atom is -0.493 e. The van der Waals surface area contributed by atoms with E-state index >= 15 is 0 Å². The number of carbonyl (C=O) groups excluding carboxylic acids is 1. The summed E-state index contributed by atoms with van der Waals surface area (Å²) in [6.07, 6.45) is 0. The van der Waals surface area contributed by atoms with Gasteiger partial charge in [-0.05, 0) is 37.6 Å². The fourth-order valence-electron chi connectivity index (χ4n) is 3.06. The molecule has 29 heavy (non-hydrogen) atoms. The van der Waals surface area contributed by atoms with Gasteiger partial charge in [-0.3, -0.25) is 9.59 Å². The Labute approximate surface area is 168 Å². The molecular formula is C22H23N3O4. The van der Waals surface area contributed by atoms with Gasteiger partial charge in [-0.2, -0.15) is 5.10 Å². The predicted octanol–water partition coefficient (Wildman–Crippen LogP) is 3.18. The third-order valence-corrected chi connectivity index (χ3v) is 4.49. The first-order valence-electron chi connectivity index (χ1n) is 9.09. The molecule has 0 bridgehead atoms. The summed E-state index contributed by atoms with van der Waals surface area (Å²) in [6.45, 7) is 3.80. The molecule has 3 aromatic rings. The quantitative estimate of drug-likeness (QED) is 0.696. The number of ether oxygens (including phenoxy) is 2. The van der Waals surface area contributed by atoms with E-state index in [0.29, 0.717) is 22.9 Å². The van der Waals surface area contributed by atoms with Crippen LogP contribution in [0.2, 0.25) is 0 Å². The zero-order valence-corrected chi connectivity index (χ0v) is 16.9. The maximum Gasteiger partial charge on any atom is 0.267 e. The van der Waals surface area contributed by atoms with Crippen molar-refractivity contribution in [1.82, 2.24) is 9.78 Å². The van der Waals surface area contributed by atoms with E-state index in [2.05, 4.69) is 16.5 Å². The van der Waals surface area contributed by atoms with E-state index < -0.39 is 0 Å². The number of carbonyl (C=O) groups is 1. The first-order valence-corrected chi connectivity index (χ1v) is 9.09. The van der Waals surface area contributed by atoms with Gasteiger partial charge in [-0.25, -0.2) is 4.68 Å². The molecule has 0 unspecified atom stereocenters. The highest BCUT2D eigenvalue weighted by Gasteiger charge is 2.11. The van der Waals surface area contributed by atoms with E-state index in [0.717, 1.165) is 21.4 Å². The minimum atomic E-state index is -0.371. The zero-order chi connectivity index (χ0) is 21.0. The van der Waals surface area contributed by atoms with Gasteiger partial charge in [0.2, 0.25) is 5.91 Å². The highest BCUT2D eigenvalue weighted by atomic mass is 16.5. The number of rotatable bonds is 6. The van der Waals surface area contributed by atoms with Crippen molar-refractivity contribution in [2.75, 3.05) is 19.5 Å². The molecule has 1 heterocycles. The van der Waals surface area contributed by atoms with Crippen molar-refractivity contribution < 1.29 is 14.3 Å². The second-order valence-corrected chi connectivity index (χ2v) is 6.65. The van der Waals surface area contributed by atoms with Crippen LogP contribution >= 0.6 is 0 Å². The largest absolute Gasteiger partial charge is 0.493 e. The van der Waals surface area contributed by atoms with Crippen molar-refractivity contribution in [3.63, 3.8) is 0 Å². The number of hydrogen-bond donors (Lipinski definition) is 1. The Hall–Kier alpha value is -3.61.